The number of alkyl halides is 1. The largest absolute Gasteiger partial charge is 0.464 e. The first-order valence-corrected chi connectivity index (χ1v) is 5.80. The van der Waals surface area contributed by atoms with E-state index in [4.69, 9.17) is 4.42 Å². The van der Waals surface area contributed by atoms with E-state index in [1.54, 1.807) is 0 Å². The third kappa shape index (κ3) is 2.28. The van der Waals surface area contributed by atoms with Crippen LogP contribution < -0.4 is 5.32 Å². The molecular weight excluding hydrogens is 207 g/mol. The van der Waals surface area contributed by atoms with E-state index >= 15 is 0 Å². The lowest BCUT2D eigenvalue weighted by molar-refractivity contribution is 0.129. The minimum absolute atomic E-state index is 0.213. The molecule has 0 aliphatic carbocycles. The Labute approximate surface area is 95.6 Å². The number of rotatable bonds is 3. The van der Waals surface area contributed by atoms with Crippen LogP contribution in [-0.2, 0) is 0 Å². The van der Waals surface area contributed by atoms with Crippen LogP contribution in [-0.4, -0.2) is 37.8 Å². The SMILES string of the molecule is Cc1cc([C@@H](CF)N2CCNCC2)oc1C. The number of nitrogens with zero attached hydrogens (tertiary/aromatic N) is 1. The van der Waals surface area contributed by atoms with Crippen molar-refractivity contribution in [3.8, 4) is 0 Å². The van der Waals surface area contributed by atoms with Gasteiger partial charge in [-0.1, -0.05) is 0 Å². The highest BCUT2D eigenvalue weighted by Crippen LogP contribution is 2.25. The lowest BCUT2D eigenvalue weighted by Gasteiger charge is -2.32. The second kappa shape index (κ2) is 4.97. The molecule has 0 aromatic carbocycles. The Hall–Kier alpha value is -0.870. The van der Waals surface area contributed by atoms with Crippen LogP contribution in [0.15, 0.2) is 10.5 Å². The first kappa shape index (κ1) is 11.6. The predicted octanol–water partition coefficient (Wildman–Crippen LogP) is 1.81. The average molecular weight is 226 g/mol. The number of furan rings is 1. The molecule has 1 fully saturated rings. The standard InChI is InChI=1S/C12H19FN2O/c1-9-7-12(16-10(9)2)11(8-13)15-5-3-14-4-6-15/h7,11,14H,3-6,8H2,1-2H3/t11-/m1/s1. The molecule has 1 saturated heterocycles. The van der Waals surface area contributed by atoms with E-state index in [1.807, 2.05) is 19.9 Å². The van der Waals surface area contributed by atoms with E-state index in [0.717, 1.165) is 43.3 Å². The minimum atomic E-state index is -0.383. The number of hydrogen-bond acceptors (Lipinski definition) is 3. The maximum atomic E-state index is 13.1. The minimum Gasteiger partial charge on any atom is -0.464 e. The van der Waals surface area contributed by atoms with Crippen molar-refractivity contribution in [1.29, 1.82) is 0 Å². The summed E-state index contributed by atoms with van der Waals surface area (Å²) in [4.78, 5) is 2.15. The molecule has 0 unspecified atom stereocenters. The van der Waals surface area contributed by atoms with Crippen LogP contribution >= 0.6 is 0 Å². The zero-order valence-electron chi connectivity index (χ0n) is 9.92. The Bertz CT molecular complexity index is 325. The number of halogens is 1. The molecule has 3 nitrogen and oxygen atoms in total. The maximum absolute atomic E-state index is 13.1. The fourth-order valence-electron chi connectivity index (χ4n) is 2.11. The zero-order valence-corrected chi connectivity index (χ0v) is 9.92. The van der Waals surface area contributed by atoms with Gasteiger partial charge >= 0.3 is 0 Å². The van der Waals surface area contributed by atoms with E-state index in [9.17, 15) is 4.39 Å². The van der Waals surface area contributed by atoms with Gasteiger partial charge in [-0.25, -0.2) is 4.39 Å². The van der Waals surface area contributed by atoms with E-state index < -0.39 is 0 Å². The number of hydrogen-bond donors (Lipinski definition) is 1. The van der Waals surface area contributed by atoms with Crippen LogP contribution in [0.25, 0.3) is 0 Å². The monoisotopic (exact) mass is 226 g/mol. The first-order valence-electron chi connectivity index (χ1n) is 5.80. The highest BCUT2D eigenvalue weighted by molar-refractivity contribution is 5.21. The second-order valence-corrected chi connectivity index (χ2v) is 4.34. The van der Waals surface area contributed by atoms with Crippen molar-refractivity contribution in [1.82, 2.24) is 10.2 Å². The quantitative estimate of drug-likeness (QED) is 0.852. The van der Waals surface area contributed by atoms with Gasteiger partial charge in [-0.15, -0.1) is 0 Å². The Morgan fingerprint density at radius 2 is 2.12 bits per heavy atom. The summed E-state index contributed by atoms with van der Waals surface area (Å²) < 4.78 is 18.8. The lowest BCUT2D eigenvalue weighted by atomic mass is 10.1. The molecule has 1 aliphatic rings. The fraction of sp³-hybridized carbons (Fsp3) is 0.667. The number of nitrogens with one attached hydrogen (secondary N) is 1. The van der Waals surface area contributed by atoms with E-state index in [-0.39, 0.29) is 12.7 Å². The summed E-state index contributed by atoms with van der Waals surface area (Å²) in [5, 5.41) is 3.27. The van der Waals surface area contributed by atoms with E-state index in [2.05, 4.69) is 10.2 Å². The summed E-state index contributed by atoms with van der Waals surface area (Å²) in [6.45, 7) is 7.15. The fourth-order valence-corrected chi connectivity index (χ4v) is 2.11. The van der Waals surface area contributed by atoms with Crippen LogP contribution in [0.2, 0.25) is 0 Å². The van der Waals surface area contributed by atoms with Crippen molar-refractivity contribution in [3.05, 3.63) is 23.2 Å². The molecule has 4 heteroatoms. The zero-order chi connectivity index (χ0) is 11.5. The summed E-state index contributed by atoms with van der Waals surface area (Å²) in [6, 6.07) is 1.75. The van der Waals surface area contributed by atoms with Gasteiger partial charge in [0, 0.05) is 26.2 Å². The molecule has 90 valence electrons. The third-order valence-electron chi connectivity index (χ3n) is 3.25. The lowest BCUT2D eigenvalue weighted by Crippen LogP contribution is -2.45. The molecule has 1 aromatic rings. The van der Waals surface area contributed by atoms with Crippen LogP contribution in [0.3, 0.4) is 0 Å². The van der Waals surface area contributed by atoms with Gasteiger partial charge in [0.15, 0.2) is 0 Å². The van der Waals surface area contributed by atoms with Crippen molar-refractivity contribution < 1.29 is 8.81 Å². The molecule has 0 radical (unpaired) electrons. The Balaban J connectivity index is 2.14. The third-order valence-corrected chi connectivity index (χ3v) is 3.25. The van der Waals surface area contributed by atoms with Crippen molar-refractivity contribution in [3.63, 3.8) is 0 Å². The highest BCUT2D eigenvalue weighted by Gasteiger charge is 2.25. The molecule has 16 heavy (non-hydrogen) atoms. The number of piperazine rings is 1. The molecule has 1 atom stereocenters. The second-order valence-electron chi connectivity index (χ2n) is 4.34. The van der Waals surface area contributed by atoms with Gasteiger partial charge in [-0.3, -0.25) is 4.90 Å². The molecule has 2 rings (SSSR count). The van der Waals surface area contributed by atoms with Crippen LogP contribution in [0, 0.1) is 13.8 Å². The van der Waals surface area contributed by atoms with Gasteiger partial charge in [0.25, 0.3) is 0 Å². The van der Waals surface area contributed by atoms with Gasteiger partial charge in [-0.2, -0.15) is 0 Å². The van der Waals surface area contributed by atoms with Crippen molar-refractivity contribution >= 4 is 0 Å². The van der Waals surface area contributed by atoms with Crippen LogP contribution in [0.5, 0.6) is 0 Å². The molecule has 0 bridgehead atoms. The van der Waals surface area contributed by atoms with Gasteiger partial charge in [0.2, 0.25) is 0 Å². The summed E-state index contributed by atoms with van der Waals surface area (Å²) in [5.41, 5.74) is 1.10. The molecule has 2 heterocycles. The molecule has 0 amide bonds. The summed E-state index contributed by atoms with van der Waals surface area (Å²) in [5.74, 6) is 1.66. The molecular formula is C12H19FN2O. The topological polar surface area (TPSA) is 28.4 Å². The van der Waals surface area contributed by atoms with Crippen LogP contribution in [0.4, 0.5) is 4.39 Å². The highest BCUT2D eigenvalue weighted by atomic mass is 19.1. The molecule has 1 aromatic heterocycles. The van der Waals surface area contributed by atoms with E-state index in [0.29, 0.717) is 0 Å². The Morgan fingerprint density at radius 1 is 1.44 bits per heavy atom. The van der Waals surface area contributed by atoms with E-state index in [1.165, 1.54) is 0 Å². The summed E-state index contributed by atoms with van der Waals surface area (Å²) in [6.07, 6.45) is 0. The Kier molecular flexibility index (Phi) is 3.61. The molecule has 1 N–H and O–H groups in total. The van der Waals surface area contributed by atoms with Crippen molar-refractivity contribution in [2.45, 2.75) is 19.9 Å². The average Bonchev–Trinajstić information content (AvgIpc) is 2.61. The Morgan fingerprint density at radius 3 is 2.62 bits per heavy atom. The molecule has 1 aliphatic heterocycles. The van der Waals surface area contributed by atoms with Crippen LogP contribution in [0.1, 0.15) is 23.1 Å². The first-order chi connectivity index (χ1) is 7.72. The van der Waals surface area contributed by atoms with Gasteiger partial charge in [0.05, 0.1) is 6.04 Å². The van der Waals surface area contributed by atoms with Gasteiger partial charge in [-0.05, 0) is 25.5 Å². The number of aryl methyl sites for hydroxylation is 2. The normalized spacial score (nSPS) is 19.9. The van der Waals surface area contributed by atoms with Gasteiger partial charge < -0.3 is 9.73 Å². The van der Waals surface area contributed by atoms with Crippen molar-refractivity contribution in [2.24, 2.45) is 0 Å². The molecule has 0 saturated carbocycles. The van der Waals surface area contributed by atoms with Gasteiger partial charge in [0.1, 0.15) is 18.2 Å². The molecule has 0 spiro atoms. The maximum Gasteiger partial charge on any atom is 0.124 e. The summed E-state index contributed by atoms with van der Waals surface area (Å²) in [7, 11) is 0. The van der Waals surface area contributed by atoms with Crippen molar-refractivity contribution in [2.75, 3.05) is 32.9 Å². The summed E-state index contributed by atoms with van der Waals surface area (Å²) >= 11 is 0. The predicted molar refractivity (Wildman–Crippen MR) is 61.3 cm³/mol. The smallest absolute Gasteiger partial charge is 0.124 e.